The first-order valence-corrected chi connectivity index (χ1v) is 9.37. The van der Waals surface area contributed by atoms with E-state index in [9.17, 15) is 0 Å². The van der Waals surface area contributed by atoms with E-state index in [1.807, 2.05) is 11.8 Å². The highest BCUT2D eigenvalue weighted by atomic mass is 32.2. The maximum atomic E-state index is 6.35. The minimum Gasteiger partial charge on any atom is -0.397 e. The molecular weight excluding hydrogens is 300 g/mol. The van der Waals surface area contributed by atoms with Crippen LogP contribution < -0.4 is 10.6 Å². The van der Waals surface area contributed by atoms with Gasteiger partial charge in [-0.2, -0.15) is 0 Å². The van der Waals surface area contributed by atoms with E-state index in [4.69, 9.17) is 5.73 Å². The van der Waals surface area contributed by atoms with E-state index in [1.165, 1.54) is 40.3 Å². The van der Waals surface area contributed by atoms with Gasteiger partial charge in [0.1, 0.15) is 0 Å². The molecule has 0 bridgehead atoms. The van der Waals surface area contributed by atoms with Crippen LogP contribution in [-0.2, 0) is 0 Å². The van der Waals surface area contributed by atoms with Crippen LogP contribution in [0.2, 0.25) is 0 Å². The van der Waals surface area contributed by atoms with Gasteiger partial charge in [-0.05, 0) is 55.5 Å². The average molecular weight is 327 g/mol. The molecule has 1 fully saturated rings. The number of anilines is 2. The van der Waals surface area contributed by atoms with E-state index >= 15 is 0 Å². The minimum atomic E-state index is 0.799. The summed E-state index contributed by atoms with van der Waals surface area (Å²) in [6.45, 7) is 6.78. The Balaban J connectivity index is 1.89. The molecule has 0 spiro atoms. The first kappa shape index (κ1) is 16.3. The third-order valence-corrected chi connectivity index (χ3v) is 5.97. The molecule has 122 valence electrons. The number of hydrogen-bond acceptors (Lipinski definition) is 3. The zero-order valence-electron chi connectivity index (χ0n) is 14.1. The summed E-state index contributed by atoms with van der Waals surface area (Å²) >= 11 is 1.83. The molecule has 0 radical (unpaired) electrons. The van der Waals surface area contributed by atoms with E-state index in [2.05, 4.69) is 61.2 Å². The lowest BCUT2D eigenvalue weighted by Gasteiger charge is -2.36. The Morgan fingerprint density at radius 1 is 1.17 bits per heavy atom. The number of nitrogens with two attached hydrogens (primary N) is 1. The molecule has 0 aromatic heterocycles. The van der Waals surface area contributed by atoms with Crippen LogP contribution in [0.25, 0.3) is 0 Å². The maximum Gasteiger partial charge on any atom is 0.0641 e. The number of nitrogens with zero attached hydrogens (tertiary/aromatic N) is 1. The maximum absolute atomic E-state index is 6.35. The lowest BCUT2D eigenvalue weighted by molar-refractivity contribution is 0.404. The van der Waals surface area contributed by atoms with Gasteiger partial charge in [-0.1, -0.05) is 43.3 Å². The molecule has 3 heteroatoms. The van der Waals surface area contributed by atoms with Crippen molar-refractivity contribution in [3.8, 4) is 0 Å². The predicted molar refractivity (Wildman–Crippen MR) is 101 cm³/mol. The van der Waals surface area contributed by atoms with Crippen LogP contribution in [0.3, 0.4) is 0 Å². The molecule has 1 aliphatic heterocycles. The summed E-state index contributed by atoms with van der Waals surface area (Å²) in [4.78, 5) is 5.09. The molecule has 2 aromatic rings. The monoisotopic (exact) mass is 326 g/mol. The summed E-state index contributed by atoms with van der Waals surface area (Å²) in [7, 11) is 0. The van der Waals surface area contributed by atoms with Crippen molar-refractivity contribution in [1.82, 2.24) is 0 Å². The molecule has 1 aliphatic rings. The van der Waals surface area contributed by atoms with Crippen LogP contribution in [0.15, 0.2) is 52.3 Å². The molecule has 0 saturated carbocycles. The summed E-state index contributed by atoms with van der Waals surface area (Å²) in [5.41, 5.74) is 9.83. The molecule has 0 aliphatic carbocycles. The van der Waals surface area contributed by atoms with Crippen LogP contribution in [0.4, 0.5) is 11.4 Å². The molecule has 2 nitrogen and oxygen atoms in total. The van der Waals surface area contributed by atoms with Crippen LogP contribution in [-0.4, -0.2) is 13.1 Å². The molecule has 1 heterocycles. The zero-order chi connectivity index (χ0) is 16.2. The molecule has 1 atom stereocenters. The van der Waals surface area contributed by atoms with Gasteiger partial charge in [-0.3, -0.25) is 0 Å². The molecule has 1 saturated heterocycles. The van der Waals surface area contributed by atoms with Gasteiger partial charge in [0, 0.05) is 22.9 Å². The van der Waals surface area contributed by atoms with E-state index in [-0.39, 0.29) is 0 Å². The average Bonchev–Trinajstić information content (AvgIpc) is 2.59. The second kappa shape index (κ2) is 7.31. The van der Waals surface area contributed by atoms with Crippen LogP contribution in [0, 0.1) is 12.8 Å². The topological polar surface area (TPSA) is 29.3 Å². The van der Waals surface area contributed by atoms with Gasteiger partial charge in [-0.25, -0.2) is 0 Å². The number of nitrogen functional groups attached to an aromatic ring is 1. The number of benzene rings is 2. The Morgan fingerprint density at radius 2 is 1.96 bits per heavy atom. The molecule has 3 rings (SSSR count). The summed E-state index contributed by atoms with van der Waals surface area (Å²) in [5, 5.41) is 0. The van der Waals surface area contributed by atoms with Crippen molar-refractivity contribution in [2.45, 2.75) is 42.9 Å². The van der Waals surface area contributed by atoms with Gasteiger partial charge in [-0.15, -0.1) is 0 Å². The lowest BCUT2D eigenvalue weighted by Crippen LogP contribution is -2.36. The van der Waals surface area contributed by atoms with Crippen molar-refractivity contribution < 1.29 is 0 Å². The van der Waals surface area contributed by atoms with Gasteiger partial charge < -0.3 is 10.6 Å². The minimum absolute atomic E-state index is 0.799. The van der Waals surface area contributed by atoms with E-state index < -0.39 is 0 Å². The molecule has 0 unspecified atom stereocenters. The van der Waals surface area contributed by atoms with Gasteiger partial charge in [0.25, 0.3) is 0 Å². The Labute approximate surface area is 144 Å². The predicted octanol–water partition coefficient (Wildman–Crippen LogP) is 5.35. The van der Waals surface area contributed by atoms with Crippen molar-refractivity contribution in [2.75, 3.05) is 23.7 Å². The standard InChI is InChI=1S/C20H26N2S/c1-3-16-8-7-13-22(14-16)20-15(2)19(12-11-18(20)21)23-17-9-5-4-6-10-17/h4-6,9-12,16H,3,7-8,13-14,21H2,1-2H3/t16-/m1/s1. The first-order valence-electron chi connectivity index (χ1n) is 8.56. The van der Waals surface area contributed by atoms with Gasteiger partial charge in [0.15, 0.2) is 0 Å². The molecule has 2 aromatic carbocycles. The van der Waals surface area contributed by atoms with Crippen molar-refractivity contribution in [1.29, 1.82) is 0 Å². The van der Waals surface area contributed by atoms with Crippen LogP contribution >= 0.6 is 11.8 Å². The molecule has 2 N–H and O–H groups in total. The van der Waals surface area contributed by atoms with Gasteiger partial charge in [0.2, 0.25) is 0 Å². The second-order valence-corrected chi connectivity index (χ2v) is 7.52. The Kier molecular flexibility index (Phi) is 5.16. The van der Waals surface area contributed by atoms with Gasteiger partial charge >= 0.3 is 0 Å². The summed E-state index contributed by atoms with van der Waals surface area (Å²) in [6.07, 6.45) is 3.88. The van der Waals surface area contributed by atoms with Crippen molar-refractivity contribution in [2.24, 2.45) is 5.92 Å². The van der Waals surface area contributed by atoms with Crippen molar-refractivity contribution in [3.05, 3.63) is 48.0 Å². The van der Waals surface area contributed by atoms with Crippen LogP contribution in [0.5, 0.6) is 0 Å². The highest BCUT2D eigenvalue weighted by Crippen LogP contribution is 2.39. The summed E-state index contributed by atoms with van der Waals surface area (Å²) < 4.78 is 0. The molecule has 23 heavy (non-hydrogen) atoms. The quantitative estimate of drug-likeness (QED) is 0.767. The number of rotatable bonds is 4. The third-order valence-electron chi connectivity index (χ3n) is 4.80. The fourth-order valence-corrected chi connectivity index (χ4v) is 4.38. The summed E-state index contributed by atoms with van der Waals surface area (Å²) in [5.74, 6) is 0.799. The van der Waals surface area contributed by atoms with Crippen molar-refractivity contribution >= 4 is 23.1 Å². The highest BCUT2D eigenvalue weighted by molar-refractivity contribution is 7.99. The summed E-state index contributed by atoms with van der Waals surface area (Å²) in [6, 6.07) is 14.8. The highest BCUT2D eigenvalue weighted by Gasteiger charge is 2.22. The SMILES string of the molecule is CC[C@@H]1CCCN(c2c(N)ccc(Sc3ccccc3)c2C)C1. The van der Waals surface area contributed by atoms with Crippen molar-refractivity contribution in [3.63, 3.8) is 0 Å². The largest absolute Gasteiger partial charge is 0.397 e. The van der Waals surface area contributed by atoms with E-state index in [0.717, 1.165) is 24.7 Å². The second-order valence-electron chi connectivity index (χ2n) is 6.40. The Morgan fingerprint density at radius 3 is 2.70 bits per heavy atom. The smallest absolute Gasteiger partial charge is 0.0641 e. The fraction of sp³-hybridized carbons (Fsp3) is 0.400. The Bertz CT molecular complexity index is 654. The Hall–Kier alpha value is -1.61. The molecule has 0 amide bonds. The van der Waals surface area contributed by atoms with Crippen LogP contribution in [0.1, 0.15) is 31.7 Å². The third kappa shape index (κ3) is 3.66. The fourth-order valence-electron chi connectivity index (χ4n) is 3.45. The van der Waals surface area contributed by atoms with Gasteiger partial charge in [0.05, 0.1) is 11.4 Å². The zero-order valence-corrected chi connectivity index (χ0v) is 14.9. The molecular formula is C20H26N2S. The van der Waals surface area contributed by atoms with E-state index in [1.54, 1.807) is 0 Å². The lowest BCUT2D eigenvalue weighted by atomic mass is 9.94. The number of hydrogen-bond donors (Lipinski definition) is 1. The normalized spacial score (nSPS) is 18.2. The first-order chi connectivity index (χ1) is 11.2. The number of piperidine rings is 1. The van der Waals surface area contributed by atoms with E-state index in [0.29, 0.717) is 0 Å².